The van der Waals surface area contributed by atoms with E-state index in [0.29, 0.717) is 25.1 Å². The SMILES string of the molecule is CCCCOCCOC(=O)CCn1ncc(=O)c2ccccc21. The number of nitrogens with zero attached hydrogens (tertiary/aromatic N) is 2. The van der Waals surface area contributed by atoms with Crippen LogP contribution in [0, 0.1) is 0 Å². The van der Waals surface area contributed by atoms with Gasteiger partial charge in [0.05, 0.1) is 31.3 Å². The van der Waals surface area contributed by atoms with Gasteiger partial charge in [0, 0.05) is 12.0 Å². The predicted octanol–water partition coefficient (Wildman–Crippen LogP) is 2.15. The van der Waals surface area contributed by atoms with Crippen LogP contribution in [0.3, 0.4) is 0 Å². The number of rotatable bonds is 9. The van der Waals surface area contributed by atoms with Crippen molar-refractivity contribution in [2.24, 2.45) is 0 Å². The number of para-hydroxylation sites is 1. The molecule has 0 saturated carbocycles. The second-order valence-electron chi connectivity index (χ2n) is 5.19. The number of unbranched alkanes of at least 4 members (excludes halogenated alkanes) is 1. The van der Waals surface area contributed by atoms with Crippen LogP contribution in [-0.2, 0) is 20.8 Å². The van der Waals surface area contributed by atoms with Gasteiger partial charge in [0.1, 0.15) is 6.61 Å². The number of benzene rings is 1. The van der Waals surface area contributed by atoms with E-state index in [2.05, 4.69) is 12.0 Å². The van der Waals surface area contributed by atoms with Gasteiger partial charge in [-0.15, -0.1) is 0 Å². The van der Waals surface area contributed by atoms with Crippen molar-refractivity contribution < 1.29 is 14.3 Å². The van der Waals surface area contributed by atoms with Crippen LogP contribution in [0.2, 0.25) is 0 Å². The van der Waals surface area contributed by atoms with Crippen molar-refractivity contribution in [1.82, 2.24) is 9.78 Å². The maximum Gasteiger partial charge on any atom is 0.307 e. The molecule has 0 aliphatic carbocycles. The van der Waals surface area contributed by atoms with Gasteiger partial charge >= 0.3 is 5.97 Å². The van der Waals surface area contributed by atoms with Gasteiger partial charge in [-0.2, -0.15) is 5.10 Å². The molecule has 0 amide bonds. The molecule has 124 valence electrons. The maximum atomic E-state index is 11.7. The molecule has 6 heteroatoms. The molecular formula is C17H22N2O4. The lowest BCUT2D eigenvalue weighted by atomic mass is 10.2. The second kappa shape index (κ2) is 9.05. The molecule has 0 aliphatic rings. The van der Waals surface area contributed by atoms with Crippen molar-refractivity contribution in [2.75, 3.05) is 19.8 Å². The second-order valence-corrected chi connectivity index (χ2v) is 5.19. The molecule has 0 unspecified atom stereocenters. The Kier molecular flexibility index (Phi) is 6.75. The van der Waals surface area contributed by atoms with Crippen LogP contribution < -0.4 is 5.43 Å². The number of aryl methyl sites for hydroxylation is 1. The van der Waals surface area contributed by atoms with Gasteiger partial charge < -0.3 is 9.47 Å². The first-order chi connectivity index (χ1) is 11.2. The number of carbonyl (C=O) groups excluding carboxylic acids is 1. The number of fused-ring (bicyclic) bond motifs is 1. The summed E-state index contributed by atoms with van der Waals surface area (Å²) in [6, 6.07) is 7.21. The van der Waals surface area contributed by atoms with Crippen molar-refractivity contribution >= 4 is 16.9 Å². The highest BCUT2D eigenvalue weighted by Gasteiger charge is 2.07. The minimum Gasteiger partial charge on any atom is -0.463 e. The zero-order valence-electron chi connectivity index (χ0n) is 13.4. The van der Waals surface area contributed by atoms with Gasteiger partial charge in [0.15, 0.2) is 0 Å². The van der Waals surface area contributed by atoms with Crippen LogP contribution in [0.25, 0.3) is 10.9 Å². The smallest absolute Gasteiger partial charge is 0.307 e. The molecule has 0 spiro atoms. The Morgan fingerprint density at radius 1 is 1.22 bits per heavy atom. The lowest BCUT2D eigenvalue weighted by Crippen LogP contribution is -2.16. The van der Waals surface area contributed by atoms with Crippen molar-refractivity contribution in [3.05, 3.63) is 40.7 Å². The summed E-state index contributed by atoms with van der Waals surface area (Å²) in [6.45, 7) is 3.85. The van der Waals surface area contributed by atoms with Crippen LogP contribution in [0.5, 0.6) is 0 Å². The quantitative estimate of drug-likeness (QED) is 0.523. The van der Waals surface area contributed by atoms with Gasteiger partial charge in [-0.1, -0.05) is 25.5 Å². The van der Waals surface area contributed by atoms with Gasteiger partial charge in [-0.25, -0.2) is 0 Å². The lowest BCUT2D eigenvalue weighted by molar-refractivity contribution is -0.145. The van der Waals surface area contributed by atoms with E-state index in [1.165, 1.54) is 6.20 Å². The van der Waals surface area contributed by atoms with Crippen LogP contribution >= 0.6 is 0 Å². The van der Waals surface area contributed by atoms with Gasteiger partial charge in [-0.3, -0.25) is 14.3 Å². The van der Waals surface area contributed by atoms with Crippen molar-refractivity contribution in [1.29, 1.82) is 0 Å². The van der Waals surface area contributed by atoms with E-state index in [4.69, 9.17) is 9.47 Å². The molecule has 23 heavy (non-hydrogen) atoms. The van der Waals surface area contributed by atoms with Gasteiger partial charge in [-0.05, 0) is 18.6 Å². The van der Waals surface area contributed by atoms with Crippen LogP contribution in [-0.4, -0.2) is 35.6 Å². The minimum atomic E-state index is -0.298. The third kappa shape index (κ3) is 5.17. The van der Waals surface area contributed by atoms with E-state index in [1.807, 2.05) is 12.1 Å². The molecule has 0 atom stereocenters. The summed E-state index contributed by atoms with van der Waals surface area (Å²) in [4.78, 5) is 23.5. The first-order valence-corrected chi connectivity index (χ1v) is 7.90. The summed E-state index contributed by atoms with van der Waals surface area (Å²) in [6.07, 6.45) is 3.57. The number of ether oxygens (including phenoxy) is 2. The number of aromatic nitrogens is 2. The maximum absolute atomic E-state index is 11.7. The first-order valence-electron chi connectivity index (χ1n) is 7.90. The van der Waals surface area contributed by atoms with E-state index < -0.39 is 0 Å². The van der Waals surface area contributed by atoms with E-state index >= 15 is 0 Å². The molecular weight excluding hydrogens is 296 g/mol. The molecule has 1 heterocycles. The average Bonchev–Trinajstić information content (AvgIpc) is 2.58. The molecule has 0 saturated heterocycles. The molecule has 1 aromatic heterocycles. The fourth-order valence-corrected chi connectivity index (χ4v) is 2.17. The summed E-state index contributed by atoms with van der Waals surface area (Å²) >= 11 is 0. The monoisotopic (exact) mass is 318 g/mol. The topological polar surface area (TPSA) is 70.4 Å². The zero-order valence-corrected chi connectivity index (χ0v) is 13.4. The highest BCUT2D eigenvalue weighted by Crippen LogP contribution is 2.08. The largest absolute Gasteiger partial charge is 0.463 e. The van der Waals surface area contributed by atoms with Crippen molar-refractivity contribution in [3.8, 4) is 0 Å². The van der Waals surface area contributed by atoms with Crippen LogP contribution in [0.1, 0.15) is 26.2 Å². The molecule has 0 bridgehead atoms. The first kappa shape index (κ1) is 17.1. The Balaban J connectivity index is 1.81. The van der Waals surface area contributed by atoms with Crippen LogP contribution in [0.15, 0.2) is 35.3 Å². The van der Waals surface area contributed by atoms with Crippen LogP contribution in [0.4, 0.5) is 0 Å². The minimum absolute atomic E-state index is 0.122. The Bertz CT molecular complexity index is 696. The summed E-state index contributed by atoms with van der Waals surface area (Å²) in [5.74, 6) is -0.298. The lowest BCUT2D eigenvalue weighted by Gasteiger charge is -2.09. The molecule has 0 aliphatic heterocycles. The summed E-state index contributed by atoms with van der Waals surface area (Å²) in [5, 5.41) is 4.68. The highest BCUT2D eigenvalue weighted by molar-refractivity contribution is 5.78. The third-order valence-corrected chi connectivity index (χ3v) is 3.42. The molecule has 0 radical (unpaired) electrons. The van der Waals surface area contributed by atoms with E-state index in [-0.39, 0.29) is 24.4 Å². The van der Waals surface area contributed by atoms with Gasteiger partial charge in [0.2, 0.25) is 5.43 Å². The van der Waals surface area contributed by atoms with E-state index in [9.17, 15) is 9.59 Å². The molecule has 0 fully saturated rings. The molecule has 1 aromatic carbocycles. The predicted molar refractivity (Wildman–Crippen MR) is 87.3 cm³/mol. The standard InChI is InChI=1S/C17H22N2O4/c1-2-3-10-22-11-12-23-17(21)8-9-19-15-7-5-4-6-14(15)16(20)13-18-19/h4-7,13H,2-3,8-12H2,1H3. The Morgan fingerprint density at radius 3 is 2.87 bits per heavy atom. The normalized spacial score (nSPS) is 10.8. The average molecular weight is 318 g/mol. The van der Waals surface area contributed by atoms with E-state index in [1.54, 1.807) is 16.8 Å². The Morgan fingerprint density at radius 2 is 2.04 bits per heavy atom. The van der Waals surface area contributed by atoms with Crippen molar-refractivity contribution in [3.63, 3.8) is 0 Å². The number of hydrogen-bond acceptors (Lipinski definition) is 5. The number of esters is 1. The fourth-order valence-electron chi connectivity index (χ4n) is 2.17. The molecule has 6 nitrogen and oxygen atoms in total. The van der Waals surface area contributed by atoms with Gasteiger partial charge in [0.25, 0.3) is 0 Å². The summed E-state index contributed by atoms with van der Waals surface area (Å²) < 4.78 is 12.1. The zero-order chi connectivity index (χ0) is 16.5. The molecule has 2 aromatic rings. The number of hydrogen-bond donors (Lipinski definition) is 0. The Hall–Kier alpha value is -2.21. The Labute approximate surface area is 135 Å². The molecule has 0 N–H and O–H groups in total. The fraction of sp³-hybridized carbons (Fsp3) is 0.471. The number of carbonyl (C=O) groups is 1. The van der Waals surface area contributed by atoms with Crippen molar-refractivity contribution in [2.45, 2.75) is 32.7 Å². The summed E-state index contributed by atoms with van der Waals surface area (Å²) in [7, 11) is 0. The highest BCUT2D eigenvalue weighted by atomic mass is 16.6. The summed E-state index contributed by atoms with van der Waals surface area (Å²) in [5.41, 5.74) is 0.597. The van der Waals surface area contributed by atoms with E-state index in [0.717, 1.165) is 18.4 Å². The third-order valence-electron chi connectivity index (χ3n) is 3.42. The molecule has 2 rings (SSSR count).